The summed E-state index contributed by atoms with van der Waals surface area (Å²) < 4.78 is 43.4. The van der Waals surface area contributed by atoms with Crippen LogP contribution in [0.4, 0.5) is 18.0 Å². The average Bonchev–Trinajstić information content (AvgIpc) is 3.55. The molecule has 216 valence electrons. The minimum absolute atomic E-state index is 0.141. The van der Waals surface area contributed by atoms with Gasteiger partial charge in [0, 0.05) is 44.0 Å². The molecule has 10 heteroatoms. The number of amides is 1. The van der Waals surface area contributed by atoms with Crippen molar-refractivity contribution >= 4 is 6.09 Å². The van der Waals surface area contributed by atoms with E-state index in [1.165, 1.54) is 24.3 Å². The number of nitrogens with two attached hydrogens (primary N) is 1. The summed E-state index contributed by atoms with van der Waals surface area (Å²) in [7, 11) is 0. The number of hydrogen-bond donors (Lipinski definition) is 1. The average molecular weight is 558 g/mol. The minimum atomic E-state index is -0.738. The van der Waals surface area contributed by atoms with Crippen molar-refractivity contribution in [2.75, 3.05) is 26.3 Å². The standard InChI is InChI=1S/C30H38F3N5O2/c1-30(2,3)27(38(15-12-25(34)18-31)29(39)40-37-13-4-5-14-37)28-35-26(22-9-7-11-24(33)17-22)20-36(28)19-21-8-6-10-23(32)16-21/h6-11,16-17,20,25,27H,4-5,12-15,18-19,34H2,1-3H3/t25-,27-/m0/s1. The van der Waals surface area contributed by atoms with Crippen molar-refractivity contribution in [3.8, 4) is 11.3 Å². The molecule has 40 heavy (non-hydrogen) atoms. The summed E-state index contributed by atoms with van der Waals surface area (Å²) in [6.45, 7) is 6.91. The van der Waals surface area contributed by atoms with Gasteiger partial charge in [-0.1, -0.05) is 45.0 Å². The van der Waals surface area contributed by atoms with Gasteiger partial charge in [-0.15, -0.1) is 5.06 Å². The second-order valence-corrected chi connectivity index (χ2v) is 11.4. The second kappa shape index (κ2) is 12.9. The van der Waals surface area contributed by atoms with E-state index in [1.54, 1.807) is 40.4 Å². The van der Waals surface area contributed by atoms with Crippen LogP contribution in [0, 0.1) is 17.0 Å². The van der Waals surface area contributed by atoms with Crippen molar-refractivity contribution in [3.63, 3.8) is 0 Å². The first kappa shape index (κ1) is 29.6. The molecular weight excluding hydrogens is 519 g/mol. The first-order valence-corrected chi connectivity index (χ1v) is 13.7. The van der Waals surface area contributed by atoms with E-state index in [4.69, 9.17) is 15.6 Å². The fraction of sp³-hybridized carbons (Fsp3) is 0.467. The van der Waals surface area contributed by atoms with Crippen molar-refractivity contribution in [2.24, 2.45) is 11.1 Å². The number of aromatic nitrogens is 2. The highest BCUT2D eigenvalue weighted by Gasteiger charge is 2.40. The van der Waals surface area contributed by atoms with Crippen LogP contribution in [0.2, 0.25) is 0 Å². The van der Waals surface area contributed by atoms with Crippen LogP contribution in [0.3, 0.4) is 0 Å². The van der Waals surface area contributed by atoms with Gasteiger partial charge in [0.05, 0.1) is 11.7 Å². The van der Waals surface area contributed by atoms with Crippen LogP contribution in [0.1, 0.15) is 57.5 Å². The van der Waals surface area contributed by atoms with Gasteiger partial charge >= 0.3 is 6.09 Å². The number of alkyl halides is 1. The van der Waals surface area contributed by atoms with E-state index in [0.29, 0.717) is 35.7 Å². The maximum atomic E-state index is 14.1. The fourth-order valence-electron chi connectivity index (χ4n) is 5.04. The molecule has 3 aromatic rings. The third kappa shape index (κ3) is 7.42. The number of hydrogen-bond acceptors (Lipinski definition) is 5. The molecule has 1 amide bonds. The van der Waals surface area contributed by atoms with Gasteiger partial charge in [-0.3, -0.25) is 4.90 Å². The molecule has 2 heterocycles. The molecule has 1 saturated heterocycles. The van der Waals surface area contributed by atoms with Crippen molar-refractivity contribution in [1.29, 1.82) is 0 Å². The van der Waals surface area contributed by atoms with Gasteiger partial charge in [-0.25, -0.2) is 22.9 Å². The zero-order chi connectivity index (χ0) is 28.9. The van der Waals surface area contributed by atoms with Gasteiger partial charge in [0.2, 0.25) is 0 Å². The molecule has 4 rings (SSSR count). The SMILES string of the molecule is CC(C)(C)[C@H](c1nc(-c2cccc(F)c2)cn1Cc1cccc(F)c1)N(CC[C@H](N)CF)C(=O)ON1CCCC1. The molecule has 1 fully saturated rings. The van der Waals surface area contributed by atoms with E-state index in [-0.39, 0.29) is 25.3 Å². The van der Waals surface area contributed by atoms with E-state index in [9.17, 15) is 18.0 Å². The number of nitrogens with zero attached hydrogens (tertiary/aromatic N) is 4. The smallest absolute Gasteiger partial charge is 0.351 e. The van der Waals surface area contributed by atoms with Crippen LogP contribution in [-0.4, -0.2) is 58.0 Å². The number of imidazole rings is 1. The molecule has 0 spiro atoms. The van der Waals surface area contributed by atoms with Crippen molar-refractivity contribution < 1.29 is 22.8 Å². The summed E-state index contributed by atoms with van der Waals surface area (Å²) in [5.74, 6) is -0.252. The molecule has 1 aliphatic heterocycles. The van der Waals surface area contributed by atoms with Crippen LogP contribution in [-0.2, 0) is 11.4 Å². The Morgan fingerprint density at radius 2 is 1.77 bits per heavy atom. The third-order valence-corrected chi connectivity index (χ3v) is 6.99. The third-order valence-electron chi connectivity index (χ3n) is 6.99. The summed E-state index contributed by atoms with van der Waals surface area (Å²) in [6.07, 6.45) is 3.29. The molecule has 0 radical (unpaired) electrons. The lowest BCUT2D eigenvalue weighted by Crippen LogP contribution is -2.46. The Labute approximate surface area is 233 Å². The summed E-state index contributed by atoms with van der Waals surface area (Å²) in [5, 5.41) is 1.64. The lowest BCUT2D eigenvalue weighted by molar-refractivity contribution is -0.104. The number of carbonyl (C=O) groups is 1. The van der Waals surface area contributed by atoms with E-state index in [0.717, 1.165) is 12.8 Å². The van der Waals surface area contributed by atoms with Crippen LogP contribution in [0.25, 0.3) is 11.3 Å². The number of carbonyl (C=O) groups excluding carboxylic acids is 1. The summed E-state index contributed by atoms with van der Waals surface area (Å²) in [6, 6.07) is 11.0. The van der Waals surface area contributed by atoms with Gasteiger partial charge in [-0.2, -0.15) is 0 Å². The first-order valence-electron chi connectivity index (χ1n) is 13.7. The van der Waals surface area contributed by atoms with Crippen LogP contribution in [0.5, 0.6) is 0 Å². The highest BCUT2D eigenvalue weighted by Crippen LogP contribution is 2.40. The maximum Gasteiger partial charge on any atom is 0.429 e. The molecule has 0 bridgehead atoms. The van der Waals surface area contributed by atoms with Crippen LogP contribution in [0.15, 0.2) is 54.7 Å². The molecule has 2 aromatic carbocycles. The van der Waals surface area contributed by atoms with Crippen molar-refractivity contribution in [3.05, 3.63) is 77.8 Å². The number of hydroxylamine groups is 2. The normalized spacial score (nSPS) is 15.7. The molecule has 0 aliphatic carbocycles. The topological polar surface area (TPSA) is 76.6 Å². The zero-order valence-electron chi connectivity index (χ0n) is 23.3. The molecule has 7 nitrogen and oxygen atoms in total. The van der Waals surface area contributed by atoms with Gasteiger partial charge in [0.15, 0.2) is 0 Å². The highest BCUT2D eigenvalue weighted by molar-refractivity contribution is 5.68. The van der Waals surface area contributed by atoms with Gasteiger partial charge in [-0.05, 0) is 54.5 Å². The quantitative estimate of drug-likeness (QED) is 0.326. The van der Waals surface area contributed by atoms with E-state index in [1.807, 2.05) is 25.3 Å². The van der Waals surface area contributed by atoms with E-state index in [2.05, 4.69) is 0 Å². The Morgan fingerprint density at radius 3 is 2.40 bits per heavy atom. The first-order chi connectivity index (χ1) is 19.0. The molecule has 1 aliphatic rings. The molecule has 0 saturated carbocycles. The molecule has 0 unspecified atom stereocenters. The Kier molecular flexibility index (Phi) is 9.52. The Hall–Kier alpha value is -3.37. The van der Waals surface area contributed by atoms with Crippen LogP contribution < -0.4 is 5.73 Å². The van der Waals surface area contributed by atoms with E-state index >= 15 is 0 Å². The van der Waals surface area contributed by atoms with Gasteiger partial charge in [0.25, 0.3) is 0 Å². The lowest BCUT2D eigenvalue weighted by Gasteiger charge is -2.40. The second-order valence-electron chi connectivity index (χ2n) is 11.4. The van der Waals surface area contributed by atoms with Crippen LogP contribution >= 0.6 is 0 Å². The summed E-state index contributed by atoms with van der Waals surface area (Å²) in [5.41, 5.74) is 7.13. The predicted molar refractivity (Wildman–Crippen MR) is 148 cm³/mol. The summed E-state index contributed by atoms with van der Waals surface area (Å²) >= 11 is 0. The largest absolute Gasteiger partial charge is 0.429 e. The zero-order valence-corrected chi connectivity index (χ0v) is 23.3. The number of benzene rings is 2. The van der Waals surface area contributed by atoms with Crippen molar-refractivity contribution in [2.45, 2.75) is 58.7 Å². The Balaban J connectivity index is 1.81. The molecular formula is C30H38F3N5O2. The van der Waals surface area contributed by atoms with Gasteiger partial charge < -0.3 is 15.1 Å². The van der Waals surface area contributed by atoms with Crippen molar-refractivity contribution in [1.82, 2.24) is 19.5 Å². The number of halogens is 3. The maximum absolute atomic E-state index is 14.1. The lowest BCUT2D eigenvalue weighted by atomic mass is 9.84. The molecule has 2 N–H and O–H groups in total. The summed E-state index contributed by atoms with van der Waals surface area (Å²) in [4.78, 5) is 25.9. The molecule has 1 aromatic heterocycles. The monoisotopic (exact) mass is 557 g/mol. The highest BCUT2D eigenvalue weighted by atomic mass is 19.1. The Morgan fingerprint density at radius 1 is 1.10 bits per heavy atom. The fourth-order valence-corrected chi connectivity index (χ4v) is 5.04. The predicted octanol–water partition coefficient (Wildman–Crippen LogP) is 6.10. The number of rotatable bonds is 10. The Bertz CT molecular complexity index is 1290. The minimum Gasteiger partial charge on any atom is -0.351 e. The molecule has 2 atom stereocenters. The van der Waals surface area contributed by atoms with E-state index < -0.39 is 36.1 Å². The van der Waals surface area contributed by atoms with Gasteiger partial charge in [0.1, 0.15) is 24.1 Å².